The Kier molecular flexibility index (Phi) is 5.22. The molecule has 1 aromatic rings. The van der Waals surface area contributed by atoms with Gasteiger partial charge in [0.2, 0.25) is 0 Å². The van der Waals surface area contributed by atoms with E-state index in [1.807, 2.05) is 11.8 Å². The van der Waals surface area contributed by atoms with E-state index in [-0.39, 0.29) is 16.9 Å². The predicted octanol–water partition coefficient (Wildman–Crippen LogP) is 6.35. The topological polar surface area (TPSA) is 37.3 Å². The van der Waals surface area contributed by atoms with Crippen LogP contribution in [-0.4, -0.2) is 22.7 Å². The molecule has 4 aliphatic carbocycles. The molecule has 5 rings (SSSR count). The fraction of sp³-hybridized carbons (Fsp3) is 0.667. The van der Waals surface area contributed by atoms with Crippen LogP contribution in [0.4, 0.5) is 0 Å². The van der Waals surface area contributed by atoms with E-state index in [0.717, 1.165) is 49.3 Å². The molecule has 3 fully saturated rings. The number of carbonyl (C=O) groups is 1. The number of fused-ring (bicyclic) bond motifs is 5. The Morgan fingerprint density at radius 2 is 1.77 bits per heavy atom. The molecule has 0 aromatic heterocycles. The summed E-state index contributed by atoms with van der Waals surface area (Å²) in [6.45, 7) is 6.95. The molecule has 0 saturated heterocycles. The first-order valence-electron chi connectivity index (χ1n) is 12.0. The molecule has 0 aliphatic heterocycles. The Bertz CT molecular complexity index is 871. The first-order valence-corrected chi connectivity index (χ1v) is 12.9. The number of aliphatic hydroxyl groups excluding tert-OH is 1. The zero-order chi connectivity index (χ0) is 21.1. The van der Waals surface area contributed by atoms with Crippen molar-refractivity contribution in [3.05, 3.63) is 41.0 Å². The minimum Gasteiger partial charge on any atom is -0.393 e. The standard InChI is InChI=1S/C27H36O2S/c1-17-4-6-18(7-5-17)30-16-20-22-9-8-19-21-10-11-25(29)27(21,3)14-12-23(19)26(22,2)15-13-24(20)28/h4-7,19,21,23,25,29H,8-16H2,1-3H3/t19-,21-,23-,25-,26-,27-/m0/s1. The maximum Gasteiger partial charge on any atom is 0.159 e. The highest BCUT2D eigenvalue weighted by molar-refractivity contribution is 7.99. The predicted molar refractivity (Wildman–Crippen MR) is 124 cm³/mol. The number of rotatable bonds is 3. The van der Waals surface area contributed by atoms with Crippen LogP contribution in [0.25, 0.3) is 0 Å². The van der Waals surface area contributed by atoms with Crippen LogP contribution in [0.1, 0.15) is 70.8 Å². The number of hydrogen-bond acceptors (Lipinski definition) is 3. The van der Waals surface area contributed by atoms with E-state index >= 15 is 0 Å². The average molecular weight is 425 g/mol. The van der Waals surface area contributed by atoms with Crippen molar-refractivity contribution >= 4 is 17.5 Å². The molecule has 0 bridgehead atoms. The number of carbonyl (C=O) groups excluding carboxylic acids is 1. The van der Waals surface area contributed by atoms with E-state index < -0.39 is 0 Å². The quantitative estimate of drug-likeness (QED) is 0.574. The van der Waals surface area contributed by atoms with Gasteiger partial charge in [-0.1, -0.05) is 37.1 Å². The van der Waals surface area contributed by atoms with Crippen LogP contribution in [0.15, 0.2) is 40.3 Å². The summed E-state index contributed by atoms with van der Waals surface area (Å²) in [6.07, 6.45) is 8.52. The molecule has 1 aromatic carbocycles. The summed E-state index contributed by atoms with van der Waals surface area (Å²) in [7, 11) is 0. The molecule has 0 unspecified atom stereocenters. The summed E-state index contributed by atoms with van der Waals surface area (Å²) in [5.74, 6) is 3.32. The zero-order valence-electron chi connectivity index (χ0n) is 18.7. The Balaban J connectivity index is 1.42. The molecule has 0 radical (unpaired) electrons. The third-order valence-electron chi connectivity index (χ3n) is 9.60. The Hall–Kier alpha value is -1.06. The van der Waals surface area contributed by atoms with Gasteiger partial charge in [0.1, 0.15) is 0 Å². The highest BCUT2D eigenvalue weighted by Gasteiger charge is 2.59. The molecule has 3 heteroatoms. The van der Waals surface area contributed by atoms with E-state index in [4.69, 9.17) is 0 Å². The fourth-order valence-corrected chi connectivity index (χ4v) is 8.73. The van der Waals surface area contributed by atoms with Gasteiger partial charge < -0.3 is 5.11 Å². The van der Waals surface area contributed by atoms with Gasteiger partial charge in [0.15, 0.2) is 5.78 Å². The number of ketones is 1. The smallest absolute Gasteiger partial charge is 0.159 e. The van der Waals surface area contributed by atoms with Gasteiger partial charge in [0, 0.05) is 22.6 Å². The highest BCUT2D eigenvalue weighted by Crippen LogP contribution is 2.65. The van der Waals surface area contributed by atoms with Crippen molar-refractivity contribution in [3.8, 4) is 0 Å². The van der Waals surface area contributed by atoms with Crippen molar-refractivity contribution in [2.24, 2.45) is 28.6 Å². The second-order valence-corrected chi connectivity index (χ2v) is 12.0. The van der Waals surface area contributed by atoms with Gasteiger partial charge in [0.05, 0.1) is 6.10 Å². The molecular formula is C27H36O2S. The van der Waals surface area contributed by atoms with Crippen molar-refractivity contribution in [1.29, 1.82) is 0 Å². The molecule has 3 saturated carbocycles. The van der Waals surface area contributed by atoms with Crippen LogP contribution < -0.4 is 0 Å². The van der Waals surface area contributed by atoms with Crippen molar-refractivity contribution < 1.29 is 9.90 Å². The lowest BCUT2D eigenvalue weighted by molar-refractivity contribution is -0.119. The average Bonchev–Trinajstić information content (AvgIpc) is 3.04. The summed E-state index contributed by atoms with van der Waals surface area (Å²) in [5.41, 5.74) is 4.25. The third kappa shape index (κ3) is 3.14. The molecule has 0 amide bonds. The summed E-state index contributed by atoms with van der Waals surface area (Å²) < 4.78 is 0. The third-order valence-corrected chi connectivity index (χ3v) is 10.6. The van der Waals surface area contributed by atoms with Crippen molar-refractivity contribution in [1.82, 2.24) is 0 Å². The van der Waals surface area contributed by atoms with E-state index in [2.05, 4.69) is 45.0 Å². The van der Waals surface area contributed by atoms with E-state index in [9.17, 15) is 9.90 Å². The SMILES string of the molecule is Cc1ccc(SCC2=C3CC[C@H]4[C@@H]5CC[C@H](O)[C@@]5(C)CC[C@@H]4[C@@]3(C)CCC2=O)cc1. The number of allylic oxidation sites excluding steroid dienone is 1. The fourth-order valence-electron chi connectivity index (χ4n) is 7.76. The van der Waals surface area contributed by atoms with E-state index in [1.54, 1.807) is 0 Å². The maximum absolute atomic E-state index is 13.0. The van der Waals surface area contributed by atoms with Gasteiger partial charge in [-0.25, -0.2) is 0 Å². The Morgan fingerprint density at radius 3 is 2.53 bits per heavy atom. The van der Waals surface area contributed by atoms with Gasteiger partial charge in [-0.3, -0.25) is 4.79 Å². The van der Waals surface area contributed by atoms with Crippen LogP contribution >= 0.6 is 11.8 Å². The minimum absolute atomic E-state index is 0.109. The van der Waals surface area contributed by atoms with Gasteiger partial charge >= 0.3 is 0 Å². The maximum atomic E-state index is 13.0. The lowest BCUT2D eigenvalue weighted by Gasteiger charge is -2.58. The molecular weight excluding hydrogens is 388 g/mol. The summed E-state index contributed by atoms with van der Waals surface area (Å²) in [5, 5.41) is 10.7. The van der Waals surface area contributed by atoms with E-state index in [1.165, 1.54) is 35.3 Å². The van der Waals surface area contributed by atoms with Gasteiger partial charge in [0.25, 0.3) is 0 Å². The van der Waals surface area contributed by atoms with Crippen LogP contribution in [0.2, 0.25) is 0 Å². The van der Waals surface area contributed by atoms with Gasteiger partial charge in [-0.15, -0.1) is 11.8 Å². The summed E-state index contributed by atoms with van der Waals surface area (Å²) in [4.78, 5) is 14.3. The Morgan fingerprint density at radius 1 is 1.00 bits per heavy atom. The molecule has 30 heavy (non-hydrogen) atoms. The molecule has 1 N–H and O–H groups in total. The molecule has 162 valence electrons. The Labute approximate surface area is 185 Å². The van der Waals surface area contributed by atoms with Crippen LogP contribution in [-0.2, 0) is 4.79 Å². The minimum atomic E-state index is -0.109. The monoisotopic (exact) mass is 424 g/mol. The van der Waals surface area contributed by atoms with Crippen molar-refractivity contribution in [2.75, 3.05) is 5.75 Å². The first-order chi connectivity index (χ1) is 14.3. The van der Waals surface area contributed by atoms with Crippen LogP contribution in [0.5, 0.6) is 0 Å². The normalized spacial score (nSPS) is 40.7. The lowest BCUT2D eigenvalue weighted by atomic mass is 9.47. The zero-order valence-corrected chi connectivity index (χ0v) is 19.6. The summed E-state index contributed by atoms with van der Waals surface area (Å²) >= 11 is 1.83. The lowest BCUT2D eigenvalue weighted by Crippen LogP contribution is -2.51. The van der Waals surface area contributed by atoms with Crippen molar-refractivity contribution in [3.63, 3.8) is 0 Å². The molecule has 4 aliphatic rings. The van der Waals surface area contributed by atoms with Gasteiger partial charge in [-0.2, -0.15) is 0 Å². The summed E-state index contributed by atoms with van der Waals surface area (Å²) in [6, 6.07) is 8.68. The molecule has 6 atom stereocenters. The number of Topliss-reactive ketones (excluding diaryl/α,β-unsaturated/α-hetero) is 1. The molecule has 0 heterocycles. The van der Waals surface area contributed by atoms with E-state index in [0.29, 0.717) is 17.6 Å². The van der Waals surface area contributed by atoms with Crippen LogP contribution in [0.3, 0.4) is 0 Å². The first kappa shape index (κ1) is 20.8. The highest BCUT2D eigenvalue weighted by atomic mass is 32.2. The van der Waals surface area contributed by atoms with Crippen molar-refractivity contribution in [2.45, 2.75) is 83.1 Å². The molecule has 2 nitrogen and oxygen atoms in total. The number of aliphatic hydroxyl groups is 1. The van der Waals surface area contributed by atoms with Gasteiger partial charge in [-0.05, 0) is 92.6 Å². The second kappa shape index (κ2) is 7.52. The second-order valence-electron chi connectivity index (χ2n) is 11.0. The number of aryl methyl sites for hydroxylation is 1. The molecule has 0 spiro atoms. The number of benzene rings is 1. The largest absolute Gasteiger partial charge is 0.393 e. The number of hydrogen-bond donors (Lipinski definition) is 1. The number of thioether (sulfide) groups is 1. The van der Waals surface area contributed by atoms with Crippen LogP contribution in [0, 0.1) is 35.5 Å².